The van der Waals surface area contributed by atoms with Gasteiger partial charge in [0.15, 0.2) is 0 Å². The highest BCUT2D eigenvalue weighted by atomic mass is 32.1. The molecule has 22 heavy (non-hydrogen) atoms. The maximum Gasteiger partial charge on any atom is 0.307 e. The number of hydrazine groups is 1. The van der Waals surface area contributed by atoms with Crippen LogP contribution in [0.25, 0.3) is 0 Å². The van der Waals surface area contributed by atoms with Crippen LogP contribution in [0.3, 0.4) is 0 Å². The lowest BCUT2D eigenvalue weighted by Crippen LogP contribution is -2.48. The first-order valence-electron chi connectivity index (χ1n) is 7.36. The Morgan fingerprint density at radius 3 is 2.45 bits per heavy atom. The van der Waals surface area contributed by atoms with Gasteiger partial charge in [-0.25, -0.2) is 0 Å². The van der Waals surface area contributed by atoms with E-state index in [9.17, 15) is 19.5 Å². The van der Waals surface area contributed by atoms with Crippen LogP contribution in [-0.2, 0) is 9.59 Å². The van der Waals surface area contributed by atoms with Gasteiger partial charge in [0.25, 0.3) is 5.91 Å². The first kappa shape index (κ1) is 15.0. The summed E-state index contributed by atoms with van der Waals surface area (Å²) < 4.78 is 0. The summed E-state index contributed by atoms with van der Waals surface area (Å²) in [5.74, 6) is -2.62. The number of rotatable bonds is 3. The number of amides is 2. The number of aliphatic carboxylic acids is 1. The Morgan fingerprint density at radius 2 is 1.86 bits per heavy atom. The van der Waals surface area contributed by atoms with E-state index in [2.05, 4.69) is 10.9 Å². The number of carboxylic acid groups (broad SMARTS) is 1. The van der Waals surface area contributed by atoms with Crippen LogP contribution in [-0.4, -0.2) is 22.9 Å². The van der Waals surface area contributed by atoms with Crippen LogP contribution in [0.5, 0.6) is 0 Å². The second-order valence-electron chi connectivity index (χ2n) is 6.10. The fraction of sp³-hybridized carbons (Fsp3) is 0.533. The lowest BCUT2D eigenvalue weighted by atomic mass is 9.79. The summed E-state index contributed by atoms with van der Waals surface area (Å²) in [6, 6.07) is 1.83. The summed E-state index contributed by atoms with van der Waals surface area (Å²) in [4.78, 5) is 36.3. The molecule has 0 unspecified atom stereocenters. The van der Waals surface area contributed by atoms with Crippen molar-refractivity contribution in [3.05, 3.63) is 21.9 Å². The summed E-state index contributed by atoms with van der Waals surface area (Å²) in [5, 5.41) is 11.2. The average molecular weight is 322 g/mol. The van der Waals surface area contributed by atoms with Crippen LogP contribution < -0.4 is 10.9 Å². The maximum atomic E-state index is 12.3. The Balaban J connectivity index is 1.63. The summed E-state index contributed by atoms with van der Waals surface area (Å²) in [6.07, 6.45) is 2.57. The second-order valence-corrected chi connectivity index (χ2v) is 7.02. The van der Waals surface area contributed by atoms with E-state index in [4.69, 9.17) is 0 Å². The number of carboxylic acids is 1. The van der Waals surface area contributed by atoms with Gasteiger partial charge in [-0.3, -0.25) is 25.2 Å². The number of carbonyl (C=O) groups is 3. The third-order valence-corrected chi connectivity index (χ3v) is 5.89. The van der Waals surface area contributed by atoms with Crippen molar-refractivity contribution in [1.29, 1.82) is 0 Å². The molecule has 4 atom stereocenters. The van der Waals surface area contributed by atoms with Gasteiger partial charge in [0, 0.05) is 0 Å². The number of fused-ring (bicyclic) bond motifs is 2. The molecule has 6 nitrogen and oxygen atoms in total. The number of hydrogen-bond donors (Lipinski definition) is 3. The van der Waals surface area contributed by atoms with Crippen molar-refractivity contribution in [1.82, 2.24) is 10.9 Å². The minimum absolute atomic E-state index is 0.0912. The molecule has 1 aromatic rings. The standard InChI is InChI=1S/C15H18N2O4S/c1-7-4-5-22-12(7)14(19)17-16-13(18)10-8-2-3-9(6-8)11(10)15(20)21/h4-5,8-11H,2-3,6H2,1H3,(H,16,18)(H,17,19)(H,20,21)/t8-,9+,10+,11+/m1/s1. The van der Waals surface area contributed by atoms with Gasteiger partial charge in [-0.15, -0.1) is 11.3 Å². The second kappa shape index (κ2) is 5.72. The van der Waals surface area contributed by atoms with Crippen LogP contribution in [0, 0.1) is 30.6 Å². The van der Waals surface area contributed by atoms with Crippen LogP contribution in [0.1, 0.15) is 34.5 Å². The van der Waals surface area contributed by atoms with Gasteiger partial charge < -0.3 is 5.11 Å². The van der Waals surface area contributed by atoms with Crippen LogP contribution >= 0.6 is 11.3 Å². The minimum atomic E-state index is -0.909. The summed E-state index contributed by atoms with van der Waals surface area (Å²) in [7, 11) is 0. The van der Waals surface area contributed by atoms with Crippen LogP contribution in [0.15, 0.2) is 11.4 Å². The fourth-order valence-corrected chi connectivity index (χ4v) is 4.71. The molecule has 1 aromatic heterocycles. The molecule has 2 amide bonds. The molecule has 2 saturated carbocycles. The molecule has 0 aromatic carbocycles. The zero-order valence-electron chi connectivity index (χ0n) is 12.2. The first-order chi connectivity index (χ1) is 10.5. The zero-order chi connectivity index (χ0) is 15.9. The van der Waals surface area contributed by atoms with Gasteiger partial charge >= 0.3 is 5.97 Å². The van der Waals surface area contributed by atoms with Gasteiger partial charge in [-0.1, -0.05) is 0 Å². The van der Waals surface area contributed by atoms with Crippen LogP contribution in [0.2, 0.25) is 0 Å². The number of carbonyl (C=O) groups excluding carboxylic acids is 2. The molecule has 2 fully saturated rings. The molecular weight excluding hydrogens is 304 g/mol. The number of nitrogens with one attached hydrogen (secondary N) is 2. The van der Waals surface area contributed by atoms with E-state index in [1.807, 2.05) is 18.4 Å². The SMILES string of the molecule is Cc1ccsc1C(=O)NNC(=O)[C@H]1[C@@H]2CC[C@@H](C2)[C@@H]1C(=O)O. The van der Waals surface area contributed by atoms with Gasteiger partial charge in [0.2, 0.25) is 5.91 Å². The largest absolute Gasteiger partial charge is 0.481 e. The predicted octanol–water partition coefficient (Wildman–Crippen LogP) is 1.56. The van der Waals surface area contributed by atoms with Crippen molar-refractivity contribution in [2.24, 2.45) is 23.7 Å². The highest BCUT2D eigenvalue weighted by Gasteiger charge is 2.54. The van der Waals surface area contributed by atoms with E-state index in [-0.39, 0.29) is 23.7 Å². The maximum absolute atomic E-state index is 12.3. The van der Waals surface area contributed by atoms with E-state index in [1.165, 1.54) is 11.3 Å². The van der Waals surface area contributed by atoms with Crippen LogP contribution in [0.4, 0.5) is 0 Å². The van der Waals surface area contributed by atoms with Gasteiger partial charge in [0.05, 0.1) is 16.7 Å². The highest BCUT2D eigenvalue weighted by molar-refractivity contribution is 7.12. The van der Waals surface area contributed by atoms with Crippen molar-refractivity contribution in [2.45, 2.75) is 26.2 Å². The molecule has 2 aliphatic carbocycles. The van der Waals surface area contributed by atoms with Gasteiger partial charge in [-0.05, 0) is 55.0 Å². The molecule has 2 bridgehead atoms. The molecule has 2 aliphatic rings. The first-order valence-corrected chi connectivity index (χ1v) is 8.24. The lowest BCUT2D eigenvalue weighted by molar-refractivity contribution is -0.149. The third kappa shape index (κ3) is 2.49. The molecule has 0 saturated heterocycles. The van der Waals surface area contributed by atoms with E-state index < -0.39 is 17.8 Å². The monoisotopic (exact) mass is 322 g/mol. The molecule has 118 valence electrons. The smallest absolute Gasteiger partial charge is 0.307 e. The topological polar surface area (TPSA) is 95.5 Å². The predicted molar refractivity (Wildman–Crippen MR) is 80.1 cm³/mol. The quantitative estimate of drug-likeness (QED) is 0.736. The zero-order valence-corrected chi connectivity index (χ0v) is 13.0. The molecule has 0 spiro atoms. The highest BCUT2D eigenvalue weighted by Crippen LogP contribution is 2.52. The summed E-state index contributed by atoms with van der Waals surface area (Å²) in [6.45, 7) is 1.82. The van der Waals surface area contributed by atoms with E-state index in [1.54, 1.807) is 0 Å². The van der Waals surface area contributed by atoms with Crippen molar-refractivity contribution >= 4 is 29.1 Å². The Bertz CT molecular complexity index is 627. The molecule has 1 heterocycles. The summed E-state index contributed by atoms with van der Waals surface area (Å²) in [5.41, 5.74) is 5.66. The van der Waals surface area contributed by atoms with E-state index >= 15 is 0 Å². The van der Waals surface area contributed by atoms with Gasteiger partial charge in [-0.2, -0.15) is 0 Å². The molecular formula is C15H18N2O4S. The van der Waals surface area contributed by atoms with Crippen molar-refractivity contribution < 1.29 is 19.5 Å². The molecule has 7 heteroatoms. The third-order valence-electron chi connectivity index (χ3n) is 4.87. The normalized spacial score (nSPS) is 29.3. The van der Waals surface area contributed by atoms with Crippen molar-refractivity contribution in [3.8, 4) is 0 Å². The van der Waals surface area contributed by atoms with Gasteiger partial charge in [0.1, 0.15) is 0 Å². The van der Waals surface area contributed by atoms with E-state index in [0.29, 0.717) is 4.88 Å². The fourth-order valence-electron chi connectivity index (χ4n) is 3.89. The Morgan fingerprint density at radius 1 is 1.18 bits per heavy atom. The minimum Gasteiger partial charge on any atom is -0.481 e. The number of aryl methyl sites for hydroxylation is 1. The van der Waals surface area contributed by atoms with E-state index in [0.717, 1.165) is 24.8 Å². The summed E-state index contributed by atoms with van der Waals surface area (Å²) >= 11 is 1.30. The van der Waals surface area contributed by atoms with Crippen molar-refractivity contribution in [3.63, 3.8) is 0 Å². The Kier molecular flexibility index (Phi) is 3.90. The Labute approximate surface area is 131 Å². The number of thiophene rings is 1. The molecule has 0 radical (unpaired) electrons. The Hall–Kier alpha value is -1.89. The average Bonchev–Trinajstić information content (AvgIpc) is 3.18. The number of hydrogen-bond acceptors (Lipinski definition) is 4. The molecule has 3 N–H and O–H groups in total. The molecule has 0 aliphatic heterocycles. The lowest BCUT2D eigenvalue weighted by Gasteiger charge is -2.26. The van der Waals surface area contributed by atoms with Crippen molar-refractivity contribution in [2.75, 3.05) is 0 Å². The molecule has 3 rings (SSSR count).